The fourth-order valence-corrected chi connectivity index (χ4v) is 2.63. The highest BCUT2D eigenvalue weighted by molar-refractivity contribution is 5.89. The monoisotopic (exact) mass is 263 g/mol. The van der Waals surface area contributed by atoms with E-state index >= 15 is 0 Å². The van der Waals surface area contributed by atoms with Gasteiger partial charge in [0.15, 0.2) is 0 Å². The van der Waals surface area contributed by atoms with Crippen LogP contribution < -0.4 is 0 Å². The van der Waals surface area contributed by atoms with Gasteiger partial charge in [-0.15, -0.1) is 0 Å². The predicted molar refractivity (Wildman–Crippen MR) is 66.0 cm³/mol. The van der Waals surface area contributed by atoms with Crippen molar-refractivity contribution < 1.29 is 18.7 Å². The number of nitrogens with zero attached hydrogens (tertiary/aromatic N) is 1. The number of hydrogen-bond donors (Lipinski definition) is 0. The maximum atomic E-state index is 14.2. The minimum absolute atomic E-state index is 0.145. The van der Waals surface area contributed by atoms with Crippen molar-refractivity contribution in [2.24, 2.45) is 4.99 Å². The topological polar surface area (TPSA) is 55.7 Å². The minimum atomic E-state index is -0.819. The lowest BCUT2D eigenvalue weighted by Gasteiger charge is -2.23. The highest BCUT2D eigenvalue weighted by Crippen LogP contribution is 2.43. The fraction of sp³-hybridized carbons (Fsp3) is 0.429. The van der Waals surface area contributed by atoms with E-state index in [2.05, 4.69) is 9.73 Å². The number of halogens is 1. The summed E-state index contributed by atoms with van der Waals surface area (Å²) >= 11 is 0. The smallest absolute Gasteiger partial charge is 0.337 e. The molecule has 1 aliphatic rings. The first kappa shape index (κ1) is 13.4. The van der Waals surface area contributed by atoms with E-state index in [1.54, 1.807) is 6.08 Å². The molecule has 5 heteroatoms. The van der Waals surface area contributed by atoms with Crippen molar-refractivity contribution in [2.45, 2.75) is 31.2 Å². The lowest BCUT2D eigenvalue weighted by atomic mass is 9.88. The quantitative estimate of drug-likeness (QED) is 0.478. The average Bonchev–Trinajstić information content (AvgIpc) is 2.87. The molecule has 1 saturated carbocycles. The molecule has 100 valence electrons. The number of esters is 1. The van der Waals surface area contributed by atoms with Gasteiger partial charge in [0.25, 0.3) is 0 Å². The van der Waals surface area contributed by atoms with Crippen molar-refractivity contribution in [1.82, 2.24) is 0 Å². The van der Waals surface area contributed by atoms with Crippen molar-refractivity contribution in [2.75, 3.05) is 7.11 Å². The Hall–Kier alpha value is -2.00. The van der Waals surface area contributed by atoms with E-state index in [1.165, 1.54) is 19.2 Å². The van der Waals surface area contributed by atoms with Crippen LogP contribution in [0.25, 0.3) is 0 Å². The van der Waals surface area contributed by atoms with Crippen molar-refractivity contribution in [1.29, 1.82) is 0 Å². The first-order valence-electron chi connectivity index (χ1n) is 6.10. The third kappa shape index (κ3) is 2.42. The van der Waals surface area contributed by atoms with Crippen LogP contribution in [0.4, 0.5) is 4.39 Å². The van der Waals surface area contributed by atoms with Gasteiger partial charge >= 0.3 is 5.97 Å². The second kappa shape index (κ2) is 5.33. The van der Waals surface area contributed by atoms with Gasteiger partial charge in [-0.05, 0) is 25.0 Å². The summed E-state index contributed by atoms with van der Waals surface area (Å²) in [4.78, 5) is 25.7. The van der Waals surface area contributed by atoms with E-state index < -0.39 is 17.3 Å². The van der Waals surface area contributed by atoms with Gasteiger partial charge in [0.05, 0.1) is 12.7 Å². The Morgan fingerprint density at radius 2 is 2.11 bits per heavy atom. The van der Waals surface area contributed by atoms with Crippen molar-refractivity contribution >= 4 is 12.0 Å². The third-order valence-corrected chi connectivity index (χ3v) is 3.58. The lowest BCUT2D eigenvalue weighted by molar-refractivity contribution is 0.0600. The largest absolute Gasteiger partial charge is 0.465 e. The molecule has 1 aromatic rings. The second-order valence-electron chi connectivity index (χ2n) is 4.63. The molecule has 0 atom stereocenters. The molecule has 0 N–H and O–H groups in total. The molecule has 0 saturated heterocycles. The molecule has 0 heterocycles. The summed E-state index contributed by atoms with van der Waals surface area (Å²) in [6, 6.07) is 4.12. The number of ether oxygens (including phenoxy) is 1. The maximum Gasteiger partial charge on any atom is 0.337 e. The van der Waals surface area contributed by atoms with E-state index in [1.807, 2.05) is 0 Å². The van der Waals surface area contributed by atoms with Gasteiger partial charge in [0, 0.05) is 5.56 Å². The van der Waals surface area contributed by atoms with Gasteiger partial charge < -0.3 is 4.74 Å². The molecule has 0 amide bonds. The molecule has 0 unspecified atom stereocenters. The number of benzene rings is 1. The number of isocyanates is 1. The van der Waals surface area contributed by atoms with Crippen LogP contribution in [0.2, 0.25) is 0 Å². The Labute approximate surface area is 110 Å². The summed E-state index contributed by atoms with van der Waals surface area (Å²) in [5.41, 5.74) is -0.325. The average molecular weight is 263 g/mol. The van der Waals surface area contributed by atoms with E-state index in [4.69, 9.17) is 0 Å². The minimum Gasteiger partial charge on any atom is -0.465 e. The molecule has 4 nitrogen and oxygen atoms in total. The molecule has 0 bridgehead atoms. The molecule has 0 spiro atoms. The molecule has 0 aromatic heterocycles. The van der Waals surface area contributed by atoms with Crippen LogP contribution >= 0.6 is 0 Å². The molecule has 0 radical (unpaired) electrons. The van der Waals surface area contributed by atoms with Crippen LogP contribution in [-0.2, 0) is 15.1 Å². The molecular formula is C14H14FNO3. The van der Waals surface area contributed by atoms with Crippen molar-refractivity contribution in [3.8, 4) is 0 Å². The van der Waals surface area contributed by atoms with Gasteiger partial charge in [-0.2, -0.15) is 4.99 Å². The number of aliphatic imine (C=N–C) groups is 1. The Kier molecular flexibility index (Phi) is 3.76. The van der Waals surface area contributed by atoms with Gasteiger partial charge in [-0.3, -0.25) is 0 Å². The zero-order valence-electron chi connectivity index (χ0n) is 10.6. The summed E-state index contributed by atoms with van der Waals surface area (Å²) in [7, 11) is 1.24. The molecule has 0 aliphatic heterocycles. The molecule has 19 heavy (non-hydrogen) atoms. The highest BCUT2D eigenvalue weighted by atomic mass is 19.1. The number of carbonyl (C=O) groups is 1. The fourth-order valence-electron chi connectivity index (χ4n) is 2.63. The van der Waals surface area contributed by atoms with E-state index in [9.17, 15) is 14.0 Å². The Morgan fingerprint density at radius 1 is 1.42 bits per heavy atom. The van der Waals surface area contributed by atoms with Crippen molar-refractivity contribution in [3.63, 3.8) is 0 Å². The molecule has 1 aromatic carbocycles. The Bertz CT molecular complexity index is 544. The number of hydrogen-bond acceptors (Lipinski definition) is 4. The molecule has 1 aliphatic carbocycles. The van der Waals surface area contributed by atoms with Crippen LogP contribution in [0, 0.1) is 5.82 Å². The summed E-state index contributed by atoms with van der Waals surface area (Å²) in [5, 5.41) is 0. The highest BCUT2D eigenvalue weighted by Gasteiger charge is 2.38. The normalized spacial score (nSPS) is 16.7. The molecular weight excluding hydrogens is 249 g/mol. The van der Waals surface area contributed by atoms with Crippen molar-refractivity contribution in [3.05, 3.63) is 35.1 Å². The second-order valence-corrected chi connectivity index (χ2v) is 4.63. The number of carbonyl (C=O) groups excluding carboxylic acids is 2. The molecule has 2 rings (SSSR count). The standard InChI is InChI=1S/C14H14FNO3/c1-19-13(18)10-4-5-11(12(15)8-10)14(16-9-17)6-2-3-7-14/h4-5,8H,2-3,6-7H2,1H3. The van der Waals surface area contributed by atoms with E-state index in [0.29, 0.717) is 18.4 Å². The Morgan fingerprint density at radius 3 is 2.63 bits per heavy atom. The van der Waals surface area contributed by atoms with Gasteiger partial charge in [-0.25, -0.2) is 14.0 Å². The zero-order chi connectivity index (χ0) is 13.9. The third-order valence-electron chi connectivity index (χ3n) is 3.58. The number of rotatable bonds is 3. The zero-order valence-corrected chi connectivity index (χ0v) is 10.6. The van der Waals surface area contributed by atoms with Gasteiger partial charge in [-0.1, -0.05) is 18.9 Å². The summed E-state index contributed by atoms with van der Waals surface area (Å²) < 4.78 is 18.7. The van der Waals surface area contributed by atoms with Gasteiger partial charge in [0.2, 0.25) is 6.08 Å². The predicted octanol–water partition coefficient (Wildman–Crippen LogP) is 2.72. The maximum absolute atomic E-state index is 14.2. The van der Waals surface area contributed by atoms with Crippen LogP contribution in [-0.4, -0.2) is 19.2 Å². The van der Waals surface area contributed by atoms with E-state index in [-0.39, 0.29) is 5.56 Å². The van der Waals surface area contributed by atoms with Crippen LogP contribution in [0.15, 0.2) is 23.2 Å². The first-order valence-corrected chi connectivity index (χ1v) is 6.10. The Balaban J connectivity index is 2.45. The van der Waals surface area contributed by atoms with Crippen LogP contribution in [0.3, 0.4) is 0 Å². The summed E-state index contributed by atoms with van der Waals surface area (Å²) in [6.07, 6.45) is 4.57. The SMILES string of the molecule is COC(=O)c1ccc(C2(N=C=O)CCCC2)c(F)c1. The lowest BCUT2D eigenvalue weighted by Crippen LogP contribution is -2.21. The molecule has 1 fully saturated rings. The number of methoxy groups -OCH3 is 1. The summed E-state index contributed by atoms with van der Waals surface area (Å²) in [5.74, 6) is -1.13. The van der Waals surface area contributed by atoms with Gasteiger partial charge in [0.1, 0.15) is 11.4 Å². The first-order chi connectivity index (χ1) is 9.13. The summed E-state index contributed by atoms with van der Waals surface area (Å²) in [6.45, 7) is 0. The van der Waals surface area contributed by atoms with Crippen LogP contribution in [0.1, 0.15) is 41.6 Å². The van der Waals surface area contributed by atoms with E-state index in [0.717, 1.165) is 18.9 Å². The van der Waals surface area contributed by atoms with Crippen LogP contribution in [0.5, 0.6) is 0 Å².